The predicted molar refractivity (Wildman–Crippen MR) is 56.9 cm³/mol. The zero-order valence-electron chi connectivity index (χ0n) is 7.58. The molecule has 0 aliphatic heterocycles. The molecule has 0 saturated heterocycles. The van der Waals surface area contributed by atoms with Gasteiger partial charge in [-0.1, -0.05) is 17.7 Å². The molecule has 2 heteroatoms. The average Bonchev–Trinajstić information content (AvgIpc) is 2.79. The summed E-state index contributed by atoms with van der Waals surface area (Å²) in [6.45, 7) is 0. The summed E-state index contributed by atoms with van der Waals surface area (Å²) in [5.74, 6) is 1.15. The Hall–Kier alpha value is 0.549. The molecule has 0 aromatic carbocycles. The van der Waals surface area contributed by atoms with E-state index < -0.39 is 0 Å². The van der Waals surface area contributed by atoms with Crippen LogP contribution in [0.15, 0.2) is 11.6 Å². The van der Waals surface area contributed by atoms with E-state index in [1.165, 1.54) is 5.54 Å². The number of hydrogen-bond acceptors (Lipinski definition) is 0. The fourth-order valence-corrected chi connectivity index (χ4v) is 1.04. The van der Waals surface area contributed by atoms with Crippen molar-refractivity contribution in [2.24, 2.45) is 0 Å². The van der Waals surface area contributed by atoms with Crippen molar-refractivity contribution in [3.05, 3.63) is 75.3 Å². The Labute approximate surface area is 104 Å². The molecule has 0 bridgehead atoms. The first-order valence-electron chi connectivity index (χ1n) is 4.08. The van der Waals surface area contributed by atoms with Crippen LogP contribution in [-0.4, -0.2) is 0 Å². The number of rotatable bonds is 1. The standard InChI is InChI=1S/C7H6Cl.C5H5.Fe/c8-6-5-7-3-1-2-4-7;1-2-4-5-3-1;/h1-6H;1-5H;/b6-5-;;. The minimum Gasteiger partial charge on any atom is -0.0933 e. The van der Waals surface area contributed by atoms with E-state index in [1.54, 1.807) is 0 Å². The molecule has 2 rings (SSSR count). The molecule has 14 heavy (non-hydrogen) atoms. The summed E-state index contributed by atoms with van der Waals surface area (Å²) < 4.78 is 0. The molecule has 2 aliphatic rings. The van der Waals surface area contributed by atoms with Gasteiger partial charge in [-0.25, -0.2) is 0 Å². The van der Waals surface area contributed by atoms with E-state index in [0.29, 0.717) is 0 Å². The fourth-order valence-electron chi connectivity index (χ4n) is 0.893. The van der Waals surface area contributed by atoms with E-state index in [4.69, 9.17) is 11.6 Å². The second-order valence-electron chi connectivity index (χ2n) is 2.47. The van der Waals surface area contributed by atoms with Gasteiger partial charge in [0.25, 0.3) is 0 Å². The summed E-state index contributed by atoms with van der Waals surface area (Å²) in [5, 5.41) is 0. The van der Waals surface area contributed by atoms with Crippen LogP contribution < -0.4 is 0 Å². The second kappa shape index (κ2) is 10.1. The van der Waals surface area contributed by atoms with Crippen molar-refractivity contribution in [3.63, 3.8) is 0 Å². The van der Waals surface area contributed by atoms with E-state index in [1.807, 2.05) is 63.9 Å². The Balaban J connectivity index is 0.000000246. The van der Waals surface area contributed by atoms with Gasteiger partial charge in [0.15, 0.2) is 0 Å². The Morgan fingerprint density at radius 3 is 1.57 bits per heavy atom. The van der Waals surface area contributed by atoms with E-state index in [-0.39, 0.29) is 17.1 Å². The molecule has 0 unspecified atom stereocenters. The zero-order chi connectivity index (χ0) is 9.36. The Bertz CT molecular complexity index is 128. The number of hydrogen-bond donors (Lipinski definition) is 0. The van der Waals surface area contributed by atoms with Gasteiger partial charge in [-0.2, -0.15) is 0 Å². The van der Waals surface area contributed by atoms with Gasteiger partial charge in [0, 0.05) is 28.5 Å². The van der Waals surface area contributed by atoms with E-state index in [2.05, 4.69) is 0 Å². The minimum absolute atomic E-state index is 0. The monoisotopic (exact) mass is 246 g/mol. The Kier molecular flexibility index (Phi) is 10.5. The molecular weight excluding hydrogens is 235 g/mol. The third kappa shape index (κ3) is 6.92. The van der Waals surface area contributed by atoms with Crippen LogP contribution in [0.5, 0.6) is 0 Å². The smallest absolute Gasteiger partial charge is 0.00588 e. The molecule has 0 aromatic rings. The fraction of sp³-hybridized carbons (Fsp3) is 0. The van der Waals surface area contributed by atoms with Gasteiger partial charge in [0.05, 0.1) is 0 Å². The quantitative estimate of drug-likeness (QED) is 0.624. The van der Waals surface area contributed by atoms with Crippen LogP contribution in [0.2, 0.25) is 0 Å². The van der Waals surface area contributed by atoms with Crippen LogP contribution in [0.3, 0.4) is 0 Å². The molecule has 0 nitrogen and oxygen atoms in total. The molecule has 0 heterocycles. The van der Waals surface area contributed by atoms with Crippen molar-refractivity contribution >= 4 is 11.6 Å². The van der Waals surface area contributed by atoms with Gasteiger partial charge >= 0.3 is 0 Å². The molecule has 2 saturated carbocycles. The van der Waals surface area contributed by atoms with Gasteiger partial charge in [0.2, 0.25) is 0 Å². The predicted octanol–water partition coefficient (Wildman–Crippen LogP) is 3.16. The average molecular weight is 247 g/mol. The van der Waals surface area contributed by atoms with Crippen LogP contribution in [-0.2, 0) is 17.1 Å². The summed E-state index contributed by atoms with van der Waals surface area (Å²) in [5.41, 5.74) is 1.51. The van der Waals surface area contributed by atoms with Gasteiger partial charge in [-0.05, 0) is 57.8 Å². The van der Waals surface area contributed by atoms with E-state index in [9.17, 15) is 0 Å². The molecule has 2 fully saturated rings. The van der Waals surface area contributed by atoms with Crippen molar-refractivity contribution in [1.29, 1.82) is 0 Å². The topological polar surface area (TPSA) is 0 Å². The molecule has 0 aromatic heterocycles. The largest absolute Gasteiger partial charge is 0.0933 e. The molecule has 0 atom stereocenters. The maximum atomic E-state index is 5.31. The molecule has 0 N–H and O–H groups in total. The van der Waals surface area contributed by atoms with Crippen molar-refractivity contribution < 1.29 is 17.1 Å². The summed E-state index contributed by atoms with van der Waals surface area (Å²) in [4.78, 5) is 0. The van der Waals surface area contributed by atoms with Gasteiger partial charge in [-0.3, -0.25) is 0 Å². The SMILES string of the molecule is Cl/C=C\[C]1[CH][CH][CH][CH]1.[CH]1[CH][CH][CH][CH]1.[Fe]. The van der Waals surface area contributed by atoms with Gasteiger partial charge < -0.3 is 0 Å². The maximum Gasteiger partial charge on any atom is 0.00588 e. The molecule has 0 amide bonds. The Morgan fingerprint density at radius 1 is 0.786 bits per heavy atom. The van der Waals surface area contributed by atoms with Crippen LogP contribution in [0, 0.1) is 63.7 Å². The Morgan fingerprint density at radius 2 is 1.21 bits per heavy atom. The van der Waals surface area contributed by atoms with Crippen molar-refractivity contribution in [1.82, 2.24) is 0 Å². The van der Waals surface area contributed by atoms with Crippen molar-refractivity contribution in [3.8, 4) is 0 Å². The molecule has 10 radical (unpaired) electrons. The van der Waals surface area contributed by atoms with Gasteiger partial charge in [0.1, 0.15) is 0 Å². The van der Waals surface area contributed by atoms with Gasteiger partial charge in [-0.15, -0.1) is 0 Å². The summed E-state index contributed by atoms with van der Waals surface area (Å²) in [6, 6.07) is 0. The minimum atomic E-state index is 0. The third-order valence-corrected chi connectivity index (χ3v) is 1.63. The van der Waals surface area contributed by atoms with Crippen LogP contribution in [0.1, 0.15) is 0 Å². The third-order valence-electron chi connectivity index (χ3n) is 1.50. The molecule has 74 valence electrons. The first-order chi connectivity index (χ1) is 6.43. The summed E-state index contributed by atoms with van der Waals surface area (Å²) >= 11 is 5.31. The second-order valence-corrected chi connectivity index (χ2v) is 2.73. The van der Waals surface area contributed by atoms with Crippen LogP contribution in [0.4, 0.5) is 0 Å². The number of halogens is 1. The van der Waals surface area contributed by atoms with Crippen molar-refractivity contribution in [2.75, 3.05) is 0 Å². The molecular formula is C12H11ClFe. The summed E-state index contributed by atoms with van der Waals surface area (Å²) in [7, 11) is 0. The summed E-state index contributed by atoms with van der Waals surface area (Å²) in [6.07, 6.45) is 19.8. The van der Waals surface area contributed by atoms with E-state index in [0.717, 1.165) is 5.92 Å². The van der Waals surface area contributed by atoms with Crippen LogP contribution in [0.25, 0.3) is 0 Å². The number of allylic oxidation sites excluding steroid dienone is 1. The van der Waals surface area contributed by atoms with Crippen LogP contribution >= 0.6 is 11.6 Å². The molecule has 0 spiro atoms. The maximum absolute atomic E-state index is 5.31. The normalized spacial score (nSPS) is 21.8. The first kappa shape index (κ1) is 14.5. The first-order valence-corrected chi connectivity index (χ1v) is 4.52. The zero-order valence-corrected chi connectivity index (χ0v) is 9.44. The molecule has 2 aliphatic carbocycles. The van der Waals surface area contributed by atoms with Crippen molar-refractivity contribution in [2.45, 2.75) is 0 Å². The van der Waals surface area contributed by atoms with E-state index >= 15 is 0 Å².